The van der Waals surface area contributed by atoms with Crippen molar-refractivity contribution in [3.05, 3.63) is 89.0 Å². The Morgan fingerprint density at radius 2 is 1.73 bits per heavy atom. The van der Waals surface area contributed by atoms with Crippen molar-refractivity contribution in [2.24, 2.45) is 0 Å². The summed E-state index contributed by atoms with van der Waals surface area (Å²) in [4.78, 5) is 14.7. The van der Waals surface area contributed by atoms with Crippen molar-refractivity contribution in [1.29, 1.82) is 0 Å². The van der Waals surface area contributed by atoms with E-state index in [2.05, 4.69) is 31.2 Å². The van der Waals surface area contributed by atoms with Crippen LogP contribution in [0.1, 0.15) is 29.2 Å². The van der Waals surface area contributed by atoms with Gasteiger partial charge in [0.25, 0.3) is 5.91 Å². The van der Waals surface area contributed by atoms with Crippen LogP contribution in [-0.2, 0) is 11.4 Å². The maximum Gasteiger partial charge on any atom is 0.258 e. The maximum absolute atomic E-state index is 12.9. The van der Waals surface area contributed by atoms with Gasteiger partial charge in [-0.25, -0.2) is 0 Å². The lowest BCUT2D eigenvalue weighted by Crippen LogP contribution is -2.25. The molecule has 1 heterocycles. The van der Waals surface area contributed by atoms with E-state index in [0.29, 0.717) is 30.2 Å². The number of hydrogen-bond donors (Lipinski definition) is 0. The first-order valence-corrected chi connectivity index (χ1v) is 10.1. The van der Waals surface area contributed by atoms with E-state index in [0.717, 1.165) is 22.4 Å². The van der Waals surface area contributed by atoms with E-state index in [4.69, 9.17) is 9.47 Å². The third-order valence-electron chi connectivity index (χ3n) is 5.29. The molecule has 4 rings (SSSR count). The van der Waals surface area contributed by atoms with Crippen LogP contribution in [0.5, 0.6) is 11.5 Å². The number of rotatable bonds is 6. The van der Waals surface area contributed by atoms with Crippen LogP contribution < -0.4 is 14.4 Å². The maximum atomic E-state index is 12.9. The second-order valence-corrected chi connectivity index (χ2v) is 7.31. The molecule has 30 heavy (non-hydrogen) atoms. The number of hydrogen-bond acceptors (Lipinski definition) is 3. The molecule has 0 bridgehead atoms. The number of carbonyl (C=O) groups excluding carboxylic acids is 1. The highest BCUT2D eigenvalue weighted by molar-refractivity contribution is 6.35. The van der Waals surface area contributed by atoms with Gasteiger partial charge in [0.05, 0.1) is 12.8 Å². The summed E-state index contributed by atoms with van der Waals surface area (Å²) in [6, 6.07) is 21.9. The summed E-state index contributed by atoms with van der Waals surface area (Å²) in [6.45, 7) is 5.16. The van der Waals surface area contributed by atoms with Crippen LogP contribution in [0.15, 0.2) is 66.7 Å². The van der Waals surface area contributed by atoms with Gasteiger partial charge < -0.3 is 14.4 Å². The predicted molar refractivity (Wildman–Crippen MR) is 121 cm³/mol. The molecular formula is C26H25NO3. The number of fused-ring (bicyclic) bond motifs is 1. The van der Waals surface area contributed by atoms with Crippen LogP contribution in [-0.4, -0.2) is 19.6 Å². The number of amides is 1. The van der Waals surface area contributed by atoms with Crippen LogP contribution in [0.3, 0.4) is 0 Å². The Kier molecular flexibility index (Phi) is 5.57. The minimum Gasteiger partial charge on any atom is -0.493 e. The lowest BCUT2D eigenvalue weighted by atomic mass is 10.0. The van der Waals surface area contributed by atoms with Gasteiger partial charge >= 0.3 is 0 Å². The van der Waals surface area contributed by atoms with Crippen LogP contribution >= 0.6 is 0 Å². The number of aryl methyl sites for hydroxylation is 1. The van der Waals surface area contributed by atoms with E-state index in [9.17, 15) is 4.79 Å². The summed E-state index contributed by atoms with van der Waals surface area (Å²) >= 11 is 0. The van der Waals surface area contributed by atoms with Crippen molar-refractivity contribution in [1.82, 2.24) is 0 Å². The Bertz CT molecular complexity index is 1100. The van der Waals surface area contributed by atoms with E-state index >= 15 is 0 Å². The van der Waals surface area contributed by atoms with Crippen LogP contribution in [0.25, 0.3) is 11.6 Å². The summed E-state index contributed by atoms with van der Waals surface area (Å²) in [5, 5.41) is 0. The third-order valence-corrected chi connectivity index (χ3v) is 5.29. The molecule has 152 valence electrons. The molecule has 0 aliphatic carbocycles. The highest BCUT2D eigenvalue weighted by atomic mass is 16.5. The smallest absolute Gasteiger partial charge is 0.258 e. The number of ether oxygens (including phenoxy) is 2. The molecular weight excluding hydrogens is 374 g/mol. The van der Waals surface area contributed by atoms with Gasteiger partial charge in [-0.15, -0.1) is 0 Å². The molecule has 3 aromatic rings. The van der Waals surface area contributed by atoms with E-state index in [1.165, 1.54) is 5.56 Å². The lowest BCUT2D eigenvalue weighted by molar-refractivity contribution is -0.112. The number of anilines is 1. The minimum atomic E-state index is 0.0253. The molecule has 4 nitrogen and oxygen atoms in total. The van der Waals surface area contributed by atoms with Gasteiger partial charge in [0.15, 0.2) is 11.5 Å². The standard InChI is InChI=1S/C26H25NO3/c1-4-27-23-8-6-5-7-21(23)22(26(27)28)15-20-13-14-24(25(16-20)29-3)30-17-19-11-9-18(2)10-12-19/h5-16H,4,17H2,1-3H3/b22-15-. The van der Waals surface area contributed by atoms with Crippen LogP contribution in [0.4, 0.5) is 5.69 Å². The first-order chi connectivity index (χ1) is 14.6. The highest BCUT2D eigenvalue weighted by Crippen LogP contribution is 2.38. The molecule has 0 spiro atoms. The lowest BCUT2D eigenvalue weighted by Gasteiger charge is -2.13. The van der Waals surface area contributed by atoms with Gasteiger partial charge in [0, 0.05) is 17.7 Å². The Morgan fingerprint density at radius 3 is 2.47 bits per heavy atom. The van der Waals surface area contributed by atoms with Crippen molar-refractivity contribution < 1.29 is 14.3 Å². The van der Waals surface area contributed by atoms with Gasteiger partial charge in [-0.1, -0.05) is 54.1 Å². The first kappa shape index (κ1) is 19.8. The van der Waals surface area contributed by atoms with E-state index in [1.54, 1.807) is 12.0 Å². The summed E-state index contributed by atoms with van der Waals surface area (Å²) in [5.74, 6) is 1.34. The summed E-state index contributed by atoms with van der Waals surface area (Å²) in [7, 11) is 1.62. The Balaban J connectivity index is 1.60. The zero-order valence-corrected chi connectivity index (χ0v) is 17.5. The minimum absolute atomic E-state index is 0.0253. The van der Waals surface area contributed by atoms with Gasteiger partial charge in [-0.05, 0) is 49.2 Å². The number of methoxy groups -OCH3 is 1. The Hall–Kier alpha value is -3.53. The second-order valence-electron chi connectivity index (χ2n) is 7.31. The van der Waals surface area contributed by atoms with Gasteiger partial charge in [0.2, 0.25) is 0 Å². The largest absolute Gasteiger partial charge is 0.493 e. The molecule has 0 fully saturated rings. The monoisotopic (exact) mass is 399 g/mol. The van der Waals surface area contributed by atoms with Crippen molar-refractivity contribution in [3.8, 4) is 11.5 Å². The van der Waals surface area contributed by atoms with E-state index < -0.39 is 0 Å². The molecule has 0 unspecified atom stereocenters. The quantitative estimate of drug-likeness (QED) is 0.515. The third kappa shape index (κ3) is 3.81. The number of benzene rings is 3. The zero-order valence-electron chi connectivity index (χ0n) is 17.5. The summed E-state index contributed by atoms with van der Waals surface area (Å²) in [5.41, 5.74) is 5.83. The fraction of sp³-hybridized carbons (Fsp3) is 0.192. The molecule has 0 saturated heterocycles. The molecule has 4 heteroatoms. The van der Waals surface area contributed by atoms with E-state index in [1.807, 2.05) is 55.5 Å². The molecule has 1 aliphatic heterocycles. The molecule has 0 aromatic heterocycles. The molecule has 0 N–H and O–H groups in total. The normalized spacial score (nSPS) is 14.2. The number of likely N-dealkylation sites (N-methyl/N-ethyl adjacent to an activating group) is 1. The fourth-order valence-corrected chi connectivity index (χ4v) is 3.67. The topological polar surface area (TPSA) is 38.8 Å². The van der Waals surface area contributed by atoms with Crippen molar-refractivity contribution in [2.45, 2.75) is 20.5 Å². The average molecular weight is 399 g/mol. The Labute approximate surface area is 177 Å². The van der Waals surface area contributed by atoms with Crippen LogP contribution in [0.2, 0.25) is 0 Å². The zero-order chi connectivity index (χ0) is 21.1. The van der Waals surface area contributed by atoms with Gasteiger partial charge in [-0.3, -0.25) is 4.79 Å². The van der Waals surface area contributed by atoms with Crippen LogP contribution in [0, 0.1) is 6.92 Å². The molecule has 0 atom stereocenters. The molecule has 0 radical (unpaired) electrons. The summed E-state index contributed by atoms with van der Waals surface area (Å²) < 4.78 is 11.5. The van der Waals surface area contributed by atoms with Crippen molar-refractivity contribution >= 4 is 23.2 Å². The molecule has 1 aliphatic rings. The highest BCUT2D eigenvalue weighted by Gasteiger charge is 2.30. The van der Waals surface area contributed by atoms with Crippen molar-refractivity contribution in [3.63, 3.8) is 0 Å². The first-order valence-electron chi connectivity index (χ1n) is 10.1. The number of para-hydroxylation sites is 1. The fourth-order valence-electron chi connectivity index (χ4n) is 3.67. The molecule has 1 amide bonds. The summed E-state index contributed by atoms with van der Waals surface area (Å²) in [6.07, 6.45) is 1.92. The second kappa shape index (κ2) is 8.46. The molecule has 0 saturated carbocycles. The predicted octanol–water partition coefficient (Wildman–Crippen LogP) is 5.49. The number of nitrogens with zero attached hydrogens (tertiary/aromatic N) is 1. The molecule has 3 aromatic carbocycles. The van der Waals surface area contributed by atoms with Crippen molar-refractivity contribution in [2.75, 3.05) is 18.6 Å². The number of carbonyl (C=O) groups is 1. The van der Waals surface area contributed by atoms with E-state index in [-0.39, 0.29) is 5.91 Å². The SMILES string of the molecule is CCN1C(=O)/C(=C\c2ccc(OCc3ccc(C)cc3)c(OC)c2)c2ccccc21. The average Bonchev–Trinajstić information content (AvgIpc) is 3.04. The van der Waals surface area contributed by atoms with Gasteiger partial charge in [0.1, 0.15) is 6.61 Å². The van der Waals surface area contributed by atoms with Gasteiger partial charge in [-0.2, -0.15) is 0 Å². The Morgan fingerprint density at radius 1 is 0.967 bits per heavy atom.